The number of piperazine rings is 1. The van der Waals surface area contributed by atoms with Crippen LogP contribution in [-0.2, 0) is 19.0 Å². The van der Waals surface area contributed by atoms with Gasteiger partial charge in [-0.1, -0.05) is 0 Å². The molecule has 2 aliphatic rings. The number of ether oxygens (including phenoxy) is 3. The molecule has 2 heterocycles. The Morgan fingerprint density at radius 3 is 2.00 bits per heavy atom. The number of likely N-dealkylation sites (tertiary alicyclic amines) is 1. The van der Waals surface area contributed by atoms with Gasteiger partial charge in [0.15, 0.2) is 0 Å². The van der Waals surface area contributed by atoms with Crippen molar-refractivity contribution in [2.75, 3.05) is 33.3 Å². The molecule has 0 N–H and O–H groups in total. The van der Waals surface area contributed by atoms with Gasteiger partial charge in [0, 0.05) is 32.2 Å². The van der Waals surface area contributed by atoms with E-state index in [9.17, 15) is 14.4 Å². The molecule has 0 aromatic carbocycles. The lowest BCUT2D eigenvalue weighted by atomic mass is 9.95. The van der Waals surface area contributed by atoms with Crippen molar-refractivity contribution in [3.63, 3.8) is 0 Å². The van der Waals surface area contributed by atoms with Crippen LogP contribution in [0.4, 0.5) is 9.59 Å². The third-order valence-corrected chi connectivity index (χ3v) is 6.23. The molecule has 3 atom stereocenters. The molecule has 0 saturated carbocycles. The van der Waals surface area contributed by atoms with Gasteiger partial charge >= 0.3 is 18.2 Å². The van der Waals surface area contributed by atoms with Crippen LogP contribution in [0.1, 0.15) is 74.7 Å². The lowest BCUT2D eigenvalue weighted by molar-refractivity contribution is -0.146. The highest BCUT2D eigenvalue weighted by molar-refractivity contribution is 5.76. The summed E-state index contributed by atoms with van der Waals surface area (Å²) in [5.74, 6) is 0.115. The zero-order valence-electron chi connectivity index (χ0n) is 22.6. The second kappa shape index (κ2) is 11.1. The Kier molecular flexibility index (Phi) is 9.24. The molecule has 0 unspecified atom stereocenters. The topological polar surface area (TPSA) is 88.6 Å². The molecular formula is C25H45N3O6. The van der Waals surface area contributed by atoms with Gasteiger partial charge in [-0.15, -0.1) is 0 Å². The maximum atomic E-state index is 12.9. The van der Waals surface area contributed by atoms with Crippen LogP contribution in [0.15, 0.2) is 0 Å². The first-order chi connectivity index (χ1) is 15.6. The summed E-state index contributed by atoms with van der Waals surface area (Å²) in [5.41, 5.74) is -1.18. The van der Waals surface area contributed by atoms with Crippen LogP contribution in [-0.4, -0.2) is 95.5 Å². The minimum absolute atomic E-state index is 0.180. The van der Waals surface area contributed by atoms with Crippen molar-refractivity contribution in [2.24, 2.45) is 5.92 Å². The second-order valence-electron chi connectivity index (χ2n) is 11.8. The number of methoxy groups -OCH3 is 1. The van der Waals surface area contributed by atoms with Crippen LogP contribution in [0.25, 0.3) is 0 Å². The van der Waals surface area contributed by atoms with Crippen molar-refractivity contribution >= 4 is 18.2 Å². The molecule has 34 heavy (non-hydrogen) atoms. The standard InChI is InChI=1S/C25H45N3O6/c1-17(2)28-15-18(14-20(28)21(29)32-9)10-11-19-16-26(22(30)33-24(3,4)5)12-13-27(19)23(31)34-25(6,7)8/h17-20H,10-16H2,1-9H3/t18-,19-,20+/m1/s1. The molecule has 2 rings (SSSR count). The Hall–Kier alpha value is -2.03. The quantitative estimate of drug-likeness (QED) is 0.433. The molecule has 2 saturated heterocycles. The van der Waals surface area contributed by atoms with Gasteiger partial charge < -0.3 is 24.0 Å². The highest BCUT2D eigenvalue weighted by Gasteiger charge is 2.40. The van der Waals surface area contributed by atoms with Crippen LogP contribution < -0.4 is 0 Å². The van der Waals surface area contributed by atoms with Crippen molar-refractivity contribution in [3.8, 4) is 0 Å². The van der Waals surface area contributed by atoms with Crippen LogP contribution in [0.3, 0.4) is 0 Å². The zero-order valence-corrected chi connectivity index (χ0v) is 22.6. The van der Waals surface area contributed by atoms with Crippen LogP contribution in [0, 0.1) is 5.92 Å². The van der Waals surface area contributed by atoms with Gasteiger partial charge in [0.25, 0.3) is 0 Å². The monoisotopic (exact) mass is 483 g/mol. The minimum Gasteiger partial charge on any atom is -0.468 e. The summed E-state index contributed by atoms with van der Waals surface area (Å²) in [6.07, 6.45) is 1.56. The minimum atomic E-state index is -0.596. The molecule has 0 bridgehead atoms. The Bertz CT molecular complexity index is 727. The number of rotatable bonds is 5. The van der Waals surface area contributed by atoms with Gasteiger partial charge in [-0.3, -0.25) is 9.69 Å². The fraction of sp³-hybridized carbons (Fsp3) is 0.880. The Balaban J connectivity index is 2.11. The number of hydrogen-bond donors (Lipinski definition) is 0. The molecule has 196 valence electrons. The normalized spacial score (nSPS) is 24.4. The summed E-state index contributed by atoms with van der Waals surface area (Å²) in [4.78, 5) is 43.6. The van der Waals surface area contributed by atoms with E-state index in [0.29, 0.717) is 32.0 Å². The molecule has 2 amide bonds. The third kappa shape index (κ3) is 8.03. The van der Waals surface area contributed by atoms with E-state index in [4.69, 9.17) is 14.2 Å². The summed E-state index contributed by atoms with van der Waals surface area (Å²) >= 11 is 0. The number of amides is 2. The SMILES string of the molecule is COC(=O)[C@@H]1C[C@@H](CC[C@@H]2CN(C(=O)OC(C)(C)C)CCN2C(=O)OC(C)(C)C)CN1C(C)C. The van der Waals surface area contributed by atoms with Gasteiger partial charge in [-0.2, -0.15) is 0 Å². The summed E-state index contributed by atoms with van der Waals surface area (Å²) in [5, 5.41) is 0. The Morgan fingerprint density at radius 1 is 0.882 bits per heavy atom. The van der Waals surface area contributed by atoms with Crippen molar-refractivity contribution in [2.45, 2.75) is 104 Å². The lowest BCUT2D eigenvalue weighted by Gasteiger charge is -2.42. The zero-order chi connectivity index (χ0) is 25.8. The van der Waals surface area contributed by atoms with E-state index in [-0.39, 0.29) is 36.3 Å². The first kappa shape index (κ1) is 28.2. The highest BCUT2D eigenvalue weighted by Crippen LogP contribution is 2.31. The Labute approximate surface area is 205 Å². The maximum Gasteiger partial charge on any atom is 0.410 e. The lowest BCUT2D eigenvalue weighted by Crippen LogP contribution is -2.58. The molecule has 9 heteroatoms. The largest absolute Gasteiger partial charge is 0.468 e. The van der Waals surface area contributed by atoms with Crippen molar-refractivity contribution in [1.82, 2.24) is 14.7 Å². The number of carbonyl (C=O) groups excluding carboxylic acids is 3. The second-order valence-corrected chi connectivity index (χ2v) is 11.8. The molecule has 0 aromatic rings. The highest BCUT2D eigenvalue weighted by atomic mass is 16.6. The summed E-state index contributed by atoms with van der Waals surface area (Å²) in [6, 6.07) is -0.174. The van der Waals surface area contributed by atoms with E-state index in [1.165, 1.54) is 7.11 Å². The molecular weight excluding hydrogens is 438 g/mol. The van der Waals surface area contributed by atoms with Gasteiger partial charge in [0.1, 0.15) is 17.2 Å². The number of hydrogen-bond acceptors (Lipinski definition) is 7. The third-order valence-electron chi connectivity index (χ3n) is 6.23. The van der Waals surface area contributed by atoms with Crippen molar-refractivity contribution < 1.29 is 28.6 Å². The fourth-order valence-electron chi connectivity index (χ4n) is 4.68. The maximum absolute atomic E-state index is 12.9. The average Bonchev–Trinajstić information content (AvgIpc) is 3.13. The fourth-order valence-corrected chi connectivity index (χ4v) is 4.68. The number of nitrogens with zero attached hydrogens (tertiary/aromatic N) is 3. The van der Waals surface area contributed by atoms with Crippen molar-refractivity contribution in [3.05, 3.63) is 0 Å². The van der Waals surface area contributed by atoms with Crippen LogP contribution in [0.2, 0.25) is 0 Å². The van der Waals surface area contributed by atoms with E-state index in [0.717, 1.165) is 19.4 Å². The number of carbonyl (C=O) groups is 3. The molecule has 0 aromatic heterocycles. The van der Waals surface area contributed by atoms with Gasteiger partial charge in [0.2, 0.25) is 0 Å². The van der Waals surface area contributed by atoms with E-state index < -0.39 is 11.2 Å². The van der Waals surface area contributed by atoms with Gasteiger partial charge in [-0.05, 0) is 80.6 Å². The predicted octanol–water partition coefficient (Wildman–Crippen LogP) is 3.89. The van der Waals surface area contributed by atoms with E-state index in [1.54, 1.807) is 9.80 Å². The van der Waals surface area contributed by atoms with Crippen molar-refractivity contribution in [1.29, 1.82) is 0 Å². The Morgan fingerprint density at radius 2 is 1.47 bits per heavy atom. The first-order valence-corrected chi connectivity index (χ1v) is 12.4. The average molecular weight is 484 g/mol. The van der Waals surface area contributed by atoms with E-state index in [2.05, 4.69) is 18.7 Å². The molecule has 0 spiro atoms. The first-order valence-electron chi connectivity index (χ1n) is 12.4. The number of esters is 1. The van der Waals surface area contributed by atoms with E-state index in [1.807, 2.05) is 41.5 Å². The van der Waals surface area contributed by atoms with Crippen LogP contribution >= 0.6 is 0 Å². The predicted molar refractivity (Wildman–Crippen MR) is 130 cm³/mol. The summed E-state index contributed by atoms with van der Waals surface area (Å²) in [7, 11) is 1.43. The van der Waals surface area contributed by atoms with Gasteiger partial charge in [0.05, 0.1) is 13.2 Å². The molecule has 2 aliphatic heterocycles. The van der Waals surface area contributed by atoms with Gasteiger partial charge in [-0.25, -0.2) is 9.59 Å². The summed E-state index contributed by atoms with van der Waals surface area (Å²) in [6.45, 7) is 17.3. The van der Waals surface area contributed by atoms with Crippen LogP contribution in [0.5, 0.6) is 0 Å². The molecule has 2 fully saturated rings. The molecule has 0 aliphatic carbocycles. The summed E-state index contributed by atoms with van der Waals surface area (Å²) < 4.78 is 16.2. The molecule has 0 radical (unpaired) electrons. The molecule has 9 nitrogen and oxygen atoms in total. The smallest absolute Gasteiger partial charge is 0.410 e. The van der Waals surface area contributed by atoms with E-state index >= 15 is 0 Å².